The van der Waals surface area contributed by atoms with Crippen LogP contribution >= 0.6 is 22.9 Å². The molecule has 5 heteroatoms. The monoisotopic (exact) mass is 282 g/mol. The Hall–Kier alpha value is -0.970. The average molecular weight is 283 g/mol. The molecule has 0 radical (unpaired) electrons. The maximum absolute atomic E-state index is 13.0. The molecule has 1 fully saturated rings. The van der Waals surface area contributed by atoms with Gasteiger partial charge in [-0.2, -0.15) is 0 Å². The van der Waals surface area contributed by atoms with Gasteiger partial charge in [-0.15, -0.1) is 11.3 Å². The van der Waals surface area contributed by atoms with Crippen LogP contribution in [0.3, 0.4) is 0 Å². The standard InChI is InChI=1S/C13H12ClFN2S/c14-10-5-8(15)3-4-9(10)13-17-12(7-1-2-7)11(6-16)18-13/h3-5,7H,1-2,6,16H2. The van der Waals surface area contributed by atoms with Crippen molar-refractivity contribution in [3.05, 3.63) is 39.6 Å². The maximum Gasteiger partial charge on any atom is 0.125 e. The second-order valence-corrected chi connectivity index (χ2v) is 5.92. The van der Waals surface area contributed by atoms with Gasteiger partial charge in [0.25, 0.3) is 0 Å². The Morgan fingerprint density at radius 2 is 2.22 bits per heavy atom. The largest absolute Gasteiger partial charge is 0.326 e. The second kappa shape index (κ2) is 4.61. The second-order valence-electron chi connectivity index (χ2n) is 4.43. The highest BCUT2D eigenvalue weighted by atomic mass is 35.5. The smallest absolute Gasteiger partial charge is 0.125 e. The van der Waals surface area contributed by atoms with E-state index in [1.165, 1.54) is 25.0 Å². The molecule has 1 heterocycles. The summed E-state index contributed by atoms with van der Waals surface area (Å²) in [6.45, 7) is 0.502. The molecule has 2 aromatic rings. The lowest BCUT2D eigenvalue weighted by Gasteiger charge is -1.99. The predicted molar refractivity (Wildman–Crippen MR) is 72.4 cm³/mol. The zero-order valence-corrected chi connectivity index (χ0v) is 11.2. The van der Waals surface area contributed by atoms with E-state index in [-0.39, 0.29) is 5.82 Å². The molecule has 1 aromatic carbocycles. The topological polar surface area (TPSA) is 38.9 Å². The molecule has 1 saturated carbocycles. The lowest BCUT2D eigenvalue weighted by Crippen LogP contribution is -1.96. The van der Waals surface area contributed by atoms with Gasteiger partial charge in [-0.1, -0.05) is 11.6 Å². The van der Waals surface area contributed by atoms with Crippen LogP contribution in [0.5, 0.6) is 0 Å². The highest BCUT2D eigenvalue weighted by molar-refractivity contribution is 7.15. The van der Waals surface area contributed by atoms with Crippen molar-refractivity contribution >= 4 is 22.9 Å². The first kappa shape index (κ1) is 12.1. The van der Waals surface area contributed by atoms with E-state index < -0.39 is 0 Å². The Kier molecular flexibility index (Phi) is 3.09. The zero-order chi connectivity index (χ0) is 12.7. The maximum atomic E-state index is 13.0. The van der Waals surface area contributed by atoms with Gasteiger partial charge in [0.15, 0.2) is 0 Å². The van der Waals surface area contributed by atoms with Crippen LogP contribution in [0.1, 0.15) is 29.3 Å². The summed E-state index contributed by atoms with van der Waals surface area (Å²) in [6, 6.07) is 4.40. The molecule has 0 spiro atoms. The van der Waals surface area contributed by atoms with E-state index in [4.69, 9.17) is 17.3 Å². The average Bonchev–Trinajstić information content (AvgIpc) is 3.10. The van der Waals surface area contributed by atoms with E-state index in [1.54, 1.807) is 17.4 Å². The molecular weight excluding hydrogens is 271 g/mol. The van der Waals surface area contributed by atoms with Crippen LogP contribution in [-0.4, -0.2) is 4.98 Å². The van der Waals surface area contributed by atoms with Gasteiger partial charge in [-0.25, -0.2) is 9.37 Å². The number of hydrogen-bond acceptors (Lipinski definition) is 3. The number of aromatic nitrogens is 1. The third-order valence-electron chi connectivity index (χ3n) is 3.04. The molecule has 94 valence electrons. The van der Waals surface area contributed by atoms with Crippen molar-refractivity contribution in [3.63, 3.8) is 0 Å². The molecule has 0 unspecified atom stereocenters. The SMILES string of the molecule is NCc1sc(-c2ccc(F)cc2Cl)nc1C1CC1. The van der Waals surface area contributed by atoms with E-state index >= 15 is 0 Å². The van der Waals surface area contributed by atoms with Crippen molar-refractivity contribution < 1.29 is 4.39 Å². The number of nitrogens with two attached hydrogens (primary N) is 1. The molecule has 0 saturated heterocycles. The third kappa shape index (κ3) is 2.16. The van der Waals surface area contributed by atoms with Gasteiger partial charge < -0.3 is 5.73 Å². The minimum absolute atomic E-state index is 0.332. The van der Waals surface area contributed by atoms with Gasteiger partial charge in [-0.05, 0) is 31.0 Å². The Balaban J connectivity index is 2.05. The summed E-state index contributed by atoms with van der Waals surface area (Å²) >= 11 is 7.62. The minimum atomic E-state index is -0.332. The molecule has 1 aliphatic rings. The van der Waals surface area contributed by atoms with Crippen LogP contribution in [-0.2, 0) is 6.54 Å². The van der Waals surface area contributed by atoms with Crippen molar-refractivity contribution in [2.75, 3.05) is 0 Å². The summed E-state index contributed by atoms with van der Waals surface area (Å²) in [7, 11) is 0. The number of nitrogens with zero attached hydrogens (tertiary/aromatic N) is 1. The van der Waals surface area contributed by atoms with Crippen molar-refractivity contribution in [1.82, 2.24) is 4.98 Å². The van der Waals surface area contributed by atoms with Crippen LogP contribution in [0.15, 0.2) is 18.2 Å². The van der Waals surface area contributed by atoms with Gasteiger partial charge in [0.05, 0.1) is 10.7 Å². The normalized spacial score (nSPS) is 15.1. The van der Waals surface area contributed by atoms with Crippen LogP contribution < -0.4 is 5.73 Å². The minimum Gasteiger partial charge on any atom is -0.326 e. The molecule has 2 N–H and O–H groups in total. The first-order chi connectivity index (χ1) is 8.69. The van der Waals surface area contributed by atoms with Gasteiger partial charge in [0, 0.05) is 22.9 Å². The zero-order valence-electron chi connectivity index (χ0n) is 9.62. The molecule has 0 aliphatic heterocycles. The molecule has 0 amide bonds. The molecule has 18 heavy (non-hydrogen) atoms. The highest BCUT2D eigenvalue weighted by Crippen LogP contribution is 2.44. The Labute approximate surface area is 114 Å². The lowest BCUT2D eigenvalue weighted by atomic mass is 10.2. The summed E-state index contributed by atoms with van der Waals surface area (Å²) in [5.74, 6) is 0.231. The van der Waals surface area contributed by atoms with Gasteiger partial charge in [-0.3, -0.25) is 0 Å². The fourth-order valence-corrected chi connectivity index (χ4v) is 3.34. The summed E-state index contributed by atoms with van der Waals surface area (Å²) < 4.78 is 13.0. The van der Waals surface area contributed by atoms with Crippen LogP contribution in [0, 0.1) is 5.82 Å². The van der Waals surface area contributed by atoms with Gasteiger partial charge >= 0.3 is 0 Å². The fraction of sp³-hybridized carbons (Fsp3) is 0.308. The molecule has 2 nitrogen and oxygen atoms in total. The molecular formula is C13H12ClFN2S. The first-order valence-electron chi connectivity index (χ1n) is 5.84. The fourth-order valence-electron chi connectivity index (χ4n) is 1.96. The number of halogens is 2. The van der Waals surface area contributed by atoms with Crippen LogP contribution in [0.25, 0.3) is 10.6 Å². The van der Waals surface area contributed by atoms with Crippen molar-refractivity contribution in [1.29, 1.82) is 0 Å². The number of benzene rings is 1. The van der Waals surface area contributed by atoms with Gasteiger partial charge in [0.1, 0.15) is 10.8 Å². The van der Waals surface area contributed by atoms with Crippen molar-refractivity contribution in [3.8, 4) is 10.6 Å². The van der Waals surface area contributed by atoms with Crippen LogP contribution in [0.4, 0.5) is 4.39 Å². The molecule has 0 bridgehead atoms. The Morgan fingerprint density at radius 1 is 1.44 bits per heavy atom. The molecule has 0 atom stereocenters. The highest BCUT2D eigenvalue weighted by Gasteiger charge is 2.29. The number of thiazole rings is 1. The molecule has 3 rings (SSSR count). The quantitative estimate of drug-likeness (QED) is 0.926. The third-order valence-corrected chi connectivity index (χ3v) is 4.48. The van der Waals surface area contributed by atoms with E-state index in [9.17, 15) is 4.39 Å². The number of hydrogen-bond donors (Lipinski definition) is 1. The van der Waals surface area contributed by atoms with E-state index in [0.29, 0.717) is 17.5 Å². The van der Waals surface area contributed by atoms with E-state index in [1.807, 2.05) is 0 Å². The molecule has 1 aromatic heterocycles. The van der Waals surface area contributed by atoms with E-state index in [0.717, 1.165) is 21.1 Å². The van der Waals surface area contributed by atoms with Crippen molar-refractivity contribution in [2.45, 2.75) is 25.3 Å². The Morgan fingerprint density at radius 3 is 2.83 bits per heavy atom. The summed E-state index contributed by atoms with van der Waals surface area (Å²) in [4.78, 5) is 5.75. The van der Waals surface area contributed by atoms with Crippen LogP contribution in [0.2, 0.25) is 5.02 Å². The Bertz CT molecular complexity index is 593. The lowest BCUT2D eigenvalue weighted by molar-refractivity contribution is 0.628. The summed E-state index contributed by atoms with van der Waals surface area (Å²) in [5.41, 5.74) is 7.64. The van der Waals surface area contributed by atoms with E-state index in [2.05, 4.69) is 4.98 Å². The summed E-state index contributed by atoms with van der Waals surface area (Å²) in [5, 5.41) is 1.23. The van der Waals surface area contributed by atoms with Crippen molar-refractivity contribution in [2.24, 2.45) is 5.73 Å². The summed E-state index contributed by atoms with van der Waals surface area (Å²) in [6.07, 6.45) is 2.38. The predicted octanol–water partition coefficient (Wildman–Crippen LogP) is 3.94. The molecule has 1 aliphatic carbocycles. The number of rotatable bonds is 3. The first-order valence-corrected chi connectivity index (χ1v) is 7.03. The van der Waals surface area contributed by atoms with Gasteiger partial charge in [0.2, 0.25) is 0 Å².